The topological polar surface area (TPSA) is 40.6 Å². The molecule has 1 aliphatic rings. The molecule has 30 heavy (non-hydrogen) atoms. The first kappa shape index (κ1) is 24.8. The molecule has 1 aromatic heterocycles. The first-order valence-electron chi connectivity index (χ1n) is 9.38. The number of nitrogens with zero attached hydrogens (tertiary/aromatic N) is 2. The van der Waals surface area contributed by atoms with E-state index in [1.165, 1.54) is 30.4 Å². The van der Waals surface area contributed by atoms with Gasteiger partial charge in [0.15, 0.2) is 5.78 Å². The van der Waals surface area contributed by atoms with Crippen LogP contribution >= 0.6 is 23.7 Å². The van der Waals surface area contributed by atoms with Crippen LogP contribution in [0.3, 0.4) is 0 Å². The number of carbonyl (C=O) groups is 1. The number of halogens is 4. The second-order valence-corrected chi connectivity index (χ2v) is 9.84. The first-order valence-corrected chi connectivity index (χ1v) is 11.5. The Balaban J connectivity index is 0.00000320. The summed E-state index contributed by atoms with van der Waals surface area (Å²) in [6.45, 7) is 5.14. The van der Waals surface area contributed by atoms with Crippen molar-refractivity contribution in [2.24, 2.45) is 0 Å². The minimum Gasteiger partial charge on any atom is -0.369 e. The Kier molecular flexibility index (Phi) is 8.90. The fourth-order valence-electron chi connectivity index (χ4n) is 3.26. The van der Waals surface area contributed by atoms with Gasteiger partial charge in [0.1, 0.15) is 0 Å². The van der Waals surface area contributed by atoms with Crippen molar-refractivity contribution in [3.05, 3.63) is 46.8 Å². The predicted octanol–water partition coefficient (Wildman–Crippen LogP) is 4.71. The molecule has 0 spiro atoms. The molecule has 1 aromatic carbocycles. The predicted molar refractivity (Wildman–Crippen MR) is 118 cm³/mol. The number of piperazine rings is 1. The van der Waals surface area contributed by atoms with E-state index in [0.29, 0.717) is 29.4 Å². The van der Waals surface area contributed by atoms with E-state index >= 15 is 0 Å². The van der Waals surface area contributed by atoms with Crippen LogP contribution in [0.15, 0.2) is 40.6 Å². The summed E-state index contributed by atoms with van der Waals surface area (Å²) in [4.78, 5) is 16.2. The summed E-state index contributed by atoms with van der Waals surface area (Å²) in [5, 5.41) is 0. The molecule has 2 aromatic rings. The molecule has 0 bridgehead atoms. The average Bonchev–Trinajstić information content (AvgIpc) is 3.19. The van der Waals surface area contributed by atoms with Gasteiger partial charge in [0.25, 0.3) is 0 Å². The van der Waals surface area contributed by atoms with Crippen LogP contribution in [-0.2, 0) is 17.0 Å². The van der Waals surface area contributed by atoms with Gasteiger partial charge in [0.2, 0.25) is 0 Å². The molecule has 1 atom stereocenters. The van der Waals surface area contributed by atoms with E-state index in [0.717, 1.165) is 36.3 Å². The molecule has 0 aliphatic carbocycles. The summed E-state index contributed by atoms with van der Waals surface area (Å²) >= 11 is 1.29. The Morgan fingerprint density at radius 1 is 1.13 bits per heavy atom. The quantitative estimate of drug-likeness (QED) is 0.538. The molecule has 2 heterocycles. The average molecular weight is 481 g/mol. The SMILES string of the molecule is CC(=O)c1ccc(S(=O)CCCN2CCN(c3cccc(C(F)(F)F)c3)CC2)s1.Cl. The van der Waals surface area contributed by atoms with Gasteiger partial charge in [0.05, 0.1) is 25.4 Å². The van der Waals surface area contributed by atoms with Crippen molar-refractivity contribution < 1.29 is 22.2 Å². The van der Waals surface area contributed by atoms with Gasteiger partial charge in [-0.05, 0) is 50.2 Å². The minimum atomic E-state index is -4.33. The van der Waals surface area contributed by atoms with Crippen molar-refractivity contribution in [3.63, 3.8) is 0 Å². The van der Waals surface area contributed by atoms with Gasteiger partial charge in [-0.2, -0.15) is 13.2 Å². The van der Waals surface area contributed by atoms with Gasteiger partial charge in [-0.3, -0.25) is 13.9 Å². The molecule has 1 fully saturated rings. The minimum absolute atomic E-state index is 0. The number of anilines is 1. The summed E-state index contributed by atoms with van der Waals surface area (Å²) in [5.74, 6) is 0.517. The summed E-state index contributed by atoms with van der Waals surface area (Å²) in [5.41, 5.74) is -0.0269. The molecule has 0 radical (unpaired) electrons. The van der Waals surface area contributed by atoms with Crippen LogP contribution in [0.4, 0.5) is 18.9 Å². The highest BCUT2D eigenvalue weighted by atomic mass is 35.5. The monoisotopic (exact) mass is 480 g/mol. The maximum atomic E-state index is 12.9. The van der Waals surface area contributed by atoms with Crippen molar-refractivity contribution in [3.8, 4) is 0 Å². The Labute approximate surface area is 186 Å². The van der Waals surface area contributed by atoms with Crippen LogP contribution in [0.25, 0.3) is 0 Å². The van der Waals surface area contributed by atoms with E-state index in [9.17, 15) is 22.2 Å². The Bertz CT molecular complexity index is 881. The fraction of sp³-hybridized carbons (Fsp3) is 0.450. The van der Waals surface area contributed by atoms with Gasteiger partial charge < -0.3 is 4.90 Å². The number of carbonyl (C=O) groups excluding carboxylic acids is 1. The Morgan fingerprint density at radius 3 is 2.43 bits per heavy atom. The molecule has 1 unspecified atom stereocenters. The third-order valence-electron chi connectivity index (χ3n) is 4.87. The van der Waals surface area contributed by atoms with Gasteiger partial charge in [-0.1, -0.05) is 6.07 Å². The normalized spacial score (nSPS) is 16.2. The molecule has 4 nitrogen and oxygen atoms in total. The van der Waals surface area contributed by atoms with Crippen LogP contribution in [-0.4, -0.2) is 53.4 Å². The smallest absolute Gasteiger partial charge is 0.369 e. The van der Waals surface area contributed by atoms with E-state index in [1.807, 2.05) is 4.90 Å². The third kappa shape index (κ3) is 6.54. The maximum absolute atomic E-state index is 12.9. The zero-order chi connectivity index (χ0) is 21.0. The largest absolute Gasteiger partial charge is 0.416 e. The zero-order valence-electron chi connectivity index (χ0n) is 16.5. The molecule has 10 heteroatoms. The molecule has 1 aliphatic heterocycles. The Hall–Kier alpha value is -1.42. The van der Waals surface area contributed by atoms with Crippen molar-refractivity contribution in [1.29, 1.82) is 0 Å². The number of Topliss-reactive ketones (excluding diaryl/α,β-unsaturated/α-hetero) is 1. The van der Waals surface area contributed by atoms with Crippen LogP contribution in [0.1, 0.15) is 28.6 Å². The summed E-state index contributed by atoms with van der Waals surface area (Å²) < 4.78 is 51.8. The van der Waals surface area contributed by atoms with Crippen molar-refractivity contribution >= 4 is 46.0 Å². The molecular formula is C20H24ClF3N2O2S2. The standard InChI is InChI=1S/C20H23F3N2O2S2.ClH/c1-15(26)18-6-7-19(28-18)29(27)13-3-8-24-9-11-25(12-10-24)17-5-2-4-16(14-17)20(21,22)23;/h2,4-7,14H,3,8-13H2,1H3;1H. The van der Waals surface area contributed by atoms with Crippen molar-refractivity contribution in [1.82, 2.24) is 4.90 Å². The fourth-order valence-corrected chi connectivity index (χ4v) is 5.60. The molecular weight excluding hydrogens is 457 g/mol. The second-order valence-electron chi connectivity index (χ2n) is 6.95. The lowest BCUT2D eigenvalue weighted by Crippen LogP contribution is -2.46. The van der Waals surface area contributed by atoms with Crippen LogP contribution < -0.4 is 4.90 Å². The van der Waals surface area contributed by atoms with Crippen molar-refractivity contribution in [2.45, 2.75) is 23.7 Å². The van der Waals surface area contributed by atoms with Crippen LogP contribution in [0, 0.1) is 0 Å². The van der Waals surface area contributed by atoms with Gasteiger partial charge in [-0.25, -0.2) is 0 Å². The maximum Gasteiger partial charge on any atom is 0.416 e. The van der Waals surface area contributed by atoms with Gasteiger partial charge >= 0.3 is 6.18 Å². The number of hydrogen-bond acceptors (Lipinski definition) is 5. The Morgan fingerprint density at radius 2 is 1.83 bits per heavy atom. The molecule has 0 N–H and O–H groups in total. The number of thiophene rings is 1. The molecule has 3 rings (SSSR count). The second kappa shape index (κ2) is 10.7. The molecule has 0 saturated carbocycles. The van der Waals surface area contributed by atoms with Crippen LogP contribution in [0.5, 0.6) is 0 Å². The molecule has 166 valence electrons. The highest BCUT2D eigenvalue weighted by Crippen LogP contribution is 2.32. The lowest BCUT2D eigenvalue weighted by Gasteiger charge is -2.36. The third-order valence-corrected chi connectivity index (χ3v) is 7.90. The lowest BCUT2D eigenvalue weighted by atomic mass is 10.1. The van der Waals surface area contributed by atoms with Crippen molar-refractivity contribution in [2.75, 3.05) is 43.4 Å². The number of hydrogen-bond donors (Lipinski definition) is 0. The van der Waals surface area contributed by atoms with E-state index in [2.05, 4.69) is 4.90 Å². The number of ketones is 1. The van der Waals surface area contributed by atoms with Crippen LogP contribution in [0.2, 0.25) is 0 Å². The highest BCUT2D eigenvalue weighted by molar-refractivity contribution is 7.87. The van der Waals surface area contributed by atoms with E-state index in [-0.39, 0.29) is 18.2 Å². The first-order chi connectivity index (χ1) is 13.7. The van der Waals surface area contributed by atoms with E-state index in [1.54, 1.807) is 18.2 Å². The number of alkyl halides is 3. The van der Waals surface area contributed by atoms with E-state index in [4.69, 9.17) is 0 Å². The van der Waals surface area contributed by atoms with Gasteiger partial charge in [0, 0.05) is 37.6 Å². The summed E-state index contributed by atoms with van der Waals surface area (Å²) in [6, 6.07) is 8.92. The molecule has 0 amide bonds. The molecule has 1 saturated heterocycles. The summed E-state index contributed by atoms with van der Waals surface area (Å²) in [7, 11) is -1.11. The summed E-state index contributed by atoms with van der Waals surface area (Å²) in [6.07, 6.45) is -3.56. The highest BCUT2D eigenvalue weighted by Gasteiger charge is 2.31. The lowest BCUT2D eigenvalue weighted by molar-refractivity contribution is -0.137. The zero-order valence-corrected chi connectivity index (χ0v) is 18.9. The van der Waals surface area contributed by atoms with E-state index < -0.39 is 22.5 Å². The number of rotatable bonds is 7. The number of benzene rings is 1. The van der Waals surface area contributed by atoms with Gasteiger partial charge in [-0.15, -0.1) is 23.7 Å².